The van der Waals surface area contributed by atoms with Crippen LogP contribution in [0.15, 0.2) is 95.9 Å². The largest absolute Gasteiger partial charge is 0.508 e. The maximum Gasteiger partial charge on any atom is 0.260 e. The minimum atomic E-state index is -1.51. The molecule has 260 valence electrons. The van der Waals surface area contributed by atoms with Crippen LogP contribution in [-0.4, -0.2) is 52.9 Å². The van der Waals surface area contributed by atoms with Crippen molar-refractivity contribution in [3.8, 4) is 17.2 Å². The number of carbonyl (C=O) groups is 4. The van der Waals surface area contributed by atoms with E-state index in [1.807, 2.05) is 85.1 Å². The zero-order valence-corrected chi connectivity index (χ0v) is 29.2. The van der Waals surface area contributed by atoms with Crippen LogP contribution in [0.1, 0.15) is 40.3 Å². The molecular weight excluding hydrogens is 667 g/mol. The quantitative estimate of drug-likeness (QED) is 0.170. The number of aryl methyl sites for hydroxylation is 1. The number of phenols is 1. The molecule has 0 bridgehead atoms. The van der Waals surface area contributed by atoms with E-state index in [1.54, 1.807) is 0 Å². The Hall–Kier alpha value is -5.42. The SMILES string of the molecule is COc1cc(O)cc(OC)c1[C@H]1C2=CC[C@@H]3C(=O)N(Cc4cccs4)C(=O)[C@@H]3[C@@H]2C[C@H]2C(=O)N(Nc3ccc(C)cc3)C(=O)[C@@]12c1ccccc1. The maximum absolute atomic E-state index is 15.4. The van der Waals surface area contributed by atoms with Crippen molar-refractivity contribution in [2.75, 3.05) is 19.6 Å². The first-order chi connectivity index (χ1) is 24.7. The molecule has 10 nitrogen and oxygen atoms in total. The van der Waals surface area contributed by atoms with Crippen molar-refractivity contribution in [2.45, 2.75) is 37.6 Å². The number of fused-ring (bicyclic) bond motifs is 4. The van der Waals surface area contributed by atoms with Gasteiger partial charge in [0, 0.05) is 28.5 Å². The molecule has 0 radical (unpaired) electrons. The molecule has 2 aliphatic heterocycles. The van der Waals surface area contributed by atoms with Gasteiger partial charge >= 0.3 is 0 Å². The van der Waals surface area contributed by atoms with Crippen molar-refractivity contribution in [3.05, 3.63) is 117 Å². The van der Waals surface area contributed by atoms with Crippen LogP contribution in [0.25, 0.3) is 0 Å². The third-order valence-corrected chi connectivity index (χ3v) is 12.1. The number of carbonyl (C=O) groups excluding carboxylic acids is 4. The number of ether oxygens (including phenoxy) is 2. The van der Waals surface area contributed by atoms with E-state index in [4.69, 9.17) is 9.47 Å². The molecule has 0 spiro atoms. The second-order valence-electron chi connectivity index (χ2n) is 13.7. The van der Waals surface area contributed by atoms with Crippen molar-refractivity contribution in [2.24, 2.45) is 23.7 Å². The Balaban J connectivity index is 1.35. The number of benzene rings is 3. The molecule has 1 saturated carbocycles. The van der Waals surface area contributed by atoms with Gasteiger partial charge in [0.2, 0.25) is 11.8 Å². The molecule has 4 aliphatic rings. The number of hydrogen-bond acceptors (Lipinski definition) is 9. The lowest BCUT2D eigenvalue weighted by Crippen LogP contribution is -2.53. The van der Waals surface area contributed by atoms with Gasteiger partial charge in [-0.15, -0.1) is 11.3 Å². The second-order valence-corrected chi connectivity index (χ2v) is 14.7. The third-order valence-electron chi connectivity index (χ3n) is 11.2. The van der Waals surface area contributed by atoms with E-state index in [1.165, 1.54) is 42.6 Å². The monoisotopic (exact) mass is 703 g/mol. The molecule has 2 aliphatic carbocycles. The molecule has 0 unspecified atom stereocenters. The molecule has 4 amide bonds. The summed E-state index contributed by atoms with van der Waals surface area (Å²) < 4.78 is 11.8. The number of imide groups is 2. The second kappa shape index (κ2) is 12.4. The number of allylic oxidation sites excluding steroid dienone is 2. The maximum atomic E-state index is 15.4. The highest BCUT2D eigenvalue weighted by Gasteiger charge is 2.71. The molecule has 2 saturated heterocycles. The van der Waals surface area contributed by atoms with E-state index in [0.29, 0.717) is 23.2 Å². The molecule has 6 atom stereocenters. The summed E-state index contributed by atoms with van der Waals surface area (Å²) in [4.78, 5) is 60.9. The average Bonchev–Trinajstić information content (AvgIpc) is 3.81. The van der Waals surface area contributed by atoms with Gasteiger partial charge in [0.05, 0.1) is 49.6 Å². The molecule has 2 N–H and O–H groups in total. The van der Waals surface area contributed by atoms with Gasteiger partial charge in [-0.05, 0) is 54.8 Å². The summed E-state index contributed by atoms with van der Waals surface area (Å²) in [6.45, 7) is 2.15. The Kier molecular flexibility index (Phi) is 7.98. The zero-order valence-electron chi connectivity index (χ0n) is 28.4. The molecule has 1 aromatic heterocycles. The van der Waals surface area contributed by atoms with Crippen LogP contribution in [0.4, 0.5) is 5.69 Å². The normalized spacial score (nSPS) is 26.8. The van der Waals surface area contributed by atoms with Crippen molar-refractivity contribution in [1.82, 2.24) is 9.91 Å². The first-order valence-corrected chi connectivity index (χ1v) is 17.9. The highest BCUT2D eigenvalue weighted by atomic mass is 32.1. The Bertz CT molecular complexity index is 2060. The fraction of sp³-hybridized carbons (Fsp3) is 0.300. The lowest BCUT2D eigenvalue weighted by Gasteiger charge is -2.51. The van der Waals surface area contributed by atoms with Gasteiger partial charge in [0.15, 0.2) is 0 Å². The molecule has 51 heavy (non-hydrogen) atoms. The van der Waals surface area contributed by atoms with Gasteiger partial charge in [0.25, 0.3) is 11.8 Å². The van der Waals surface area contributed by atoms with Gasteiger partial charge in [-0.3, -0.25) is 29.5 Å². The molecule has 4 aromatic rings. The molecule has 3 heterocycles. The first-order valence-electron chi connectivity index (χ1n) is 17.0. The zero-order chi connectivity index (χ0) is 35.6. The van der Waals surface area contributed by atoms with Crippen molar-refractivity contribution >= 4 is 40.7 Å². The number of nitrogens with zero attached hydrogens (tertiary/aromatic N) is 2. The van der Waals surface area contributed by atoms with Crippen molar-refractivity contribution in [1.29, 1.82) is 0 Å². The average molecular weight is 704 g/mol. The van der Waals surface area contributed by atoms with Crippen molar-refractivity contribution < 1.29 is 33.8 Å². The van der Waals surface area contributed by atoms with Gasteiger partial charge < -0.3 is 14.6 Å². The summed E-state index contributed by atoms with van der Waals surface area (Å²) in [5.74, 6) is -4.59. The number of aromatic hydroxyl groups is 1. The predicted molar refractivity (Wildman–Crippen MR) is 190 cm³/mol. The van der Waals surface area contributed by atoms with E-state index in [2.05, 4.69) is 5.43 Å². The molecule has 8 rings (SSSR count). The minimum absolute atomic E-state index is 0.0971. The number of nitrogens with one attached hydrogen (secondary N) is 1. The summed E-state index contributed by atoms with van der Waals surface area (Å²) in [7, 11) is 2.95. The van der Waals surface area contributed by atoms with Crippen LogP contribution in [0.2, 0.25) is 0 Å². The predicted octanol–water partition coefficient (Wildman–Crippen LogP) is 5.96. The van der Waals surface area contributed by atoms with Crippen LogP contribution < -0.4 is 14.9 Å². The van der Waals surface area contributed by atoms with Crippen molar-refractivity contribution in [3.63, 3.8) is 0 Å². The fourth-order valence-corrected chi connectivity index (χ4v) is 9.74. The number of thiophene rings is 1. The number of hydrazine groups is 1. The first kappa shape index (κ1) is 32.8. The Morgan fingerprint density at radius 2 is 1.59 bits per heavy atom. The number of likely N-dealkylation sites (tertiary alicyclic amines) is 1. The van der Waals surface area contributed by atoms with E-state index < -0.39 is 46.8 Å². The smallest absolute Gasteiger partial charge is 0.260 e. The van der Waals surface area contributed by atoms with Crippen LogP contribution in [0, 0.1) is 30.6 Å². The summed E-state index contributed by atoms with van der Waals surface area (Å²) in [6.07, 6.45) is 2.46. The third kappa shape index (κ3) is 4.89. The Morgan fingerprint density at radius 3 is 2.24 bits per heavy atom. The molecule has 3 aromatic carbocycles. The summed E-state index contributed by atoms with van der Waals surface area (Å²) in [5.41, 5.74) is 5.07. The number of amides is 4. The number of anilines is 1. The van der Waals surface area contributed by atoms with Gasteiger partial charge in [0.1, 0.15) is 17.2 Å². The van der Waals surface area contributed by atoms with Crippen LogP contribution in [0.3, 0.4) is 0 Å². The van der Waals surface area contributed by atoms with E-state index >= 15 is 4.79 Å². The summed E-state index contributed by atoms with van der Waals surface area (Å²) in [6, 6.07) is 23.4. The number of phenolic OH excluding ortho intramolecular Hbond substituents is 1. The van der Waals surface area contributed by atoms with Crippen LogP contribution in [-0.2, 0) is 31.1 Å². The van der Waals surface area contributed by atoms with Crippen LogP contribution in [0.5, 0.6) is 17.2 Å². The molecular formula is C40H37N3O7S. The Morgan fingerprint density at radius 1 is 0.882 bits per heavy atom. The lowest BCUT2D eigenvalue weighted by atomic mass is 9.49. The van der Waals surface area contributed by atoms with Gasteiger partial charge in [-0.2, -0.15) is 5.01 Å². The van der Waals surface area contributed by atoms with E-state index in [-0.39, 0.29) is 42.0 Å². The lowest BCUT2D eigenvalue weighted by molar-refractivity contribution is -0.141. The number of methoxy groups -OCH3 is 2. The van der Waals surface area contributed by atoms with Gasteiger partial charge in [-0.25, -0.2) is 0 Å². The standard InChI is InChI=1S/C40H37N3O7S/c1-22-11-13-24(14-12-22)41-43-37(46)30-20-29-27(15-16-28-33(29)38(47)42(36(28)45)21-26-10-7-17-51-26)35(34-31(49-2)18-25(44)19-32(34)50-3)40(30,39(43)48)23-8-5-4-6-9-23/h4-15,17-19,28-30,33,35,41,44H,16,20-21H2,1-3H3/t28-,29+,30-,33-,35+,40+/m0/s1. The topological polar surface area (TPSA) is 125 Å². The number of hydrogen-bond donors (Lipinski definition) is 2. The summed E-state index contributed by atoms with van der Waals surface area (Å²) in [5, 5.41) is 13.8. The molecule has 11 heteroatoms. The highest BCUT2D eigenvalue weighted by molar-refractivity contribution is 7.09. The fourth-order valence-electron chi connectivity index (χ4n) is 9.05. The van der Waals surface area contributed by atoms with E-state index in [0.717, 1.165) is 21.0 Å². The molecule has 3 fully saturated rings. The Labute approximate surface area is 299 Å². The summed E-state index contributed by atoms with van der Waals surface area (Å²) >= 11 is 1.49. The number of rotatable bonds is 8. The highest BCUT2D eigenvalue weighted by Crippen LogP contribution is 2.66. The van der Waals surface area contributed by atoms with E-state index in [9.17, 15) is 19.5 Å². The van der Waals surface area contributed by atoms with Crippen LogP contribution >= 0.6 is 11.3 Å². The van der Waals surface area contributed by atoms with Gasteiger partial charge in [-0.1, -0.05) is 65.7 Å². The minimum Gasteiger partial charge on any atom is -0.508 e.